The maximum atomic E-state index is 12.3. The van der Waals surface area contributed by atoms with E-state index in [2.05, 4.69) is 0 Å². The number of benzene rings is 1. The van der Waals surface area contributed by atoms with Crippen LogP contribution in [0.1, 0.15) is 5.56 Å². The summed E-state index contributed by atoms with van der Waals surface area (Å²) in [4.78, 5) is 0. The van der Waals surface area contributed by atoms with Crippen LogP contribution in [0.5, 0.6) is 0 Å². The van der Waals surface area contributed by atoms with E-state index in [-0.39, 0.29) is 5.56 Å². The lowest BCUT2D eigenvalue weighted by atomic mass is 10.2. The molecular formula is C7H6F2O2S. The van der Waals surface area contributed by atoms with Crippen LogP contribution in [0.3, 0.4) is 0 Å². The van der Waals surface area contributed by atoms with Crippen molar-refractivity contribution in [2.45, 2.75) is 5.75 Å². The summed E-state index contributed by atoms with van der Waals surface area (Å²) < 4.78 is 44.6. The molecule has 0 unspecified atom stereocenters. The molecule has 0 aliphatic heterocycles. The van der Waals surface area contributed by atoms with Crippen molar-refractivity contribution in [3.8, 4) is 0 Å². The Hall–Kier alpha value is -0.970. The van der Waals surface area contributed by atoms with Gasteiger partial charge < -0.3 is 0 Å². The van der Waals surface area contributed by atoms with E-state index in [1.165, 1.54) is 12.1 Å². The Morgan fingerprint density at radius 2 is 1.67 bits per heavy atom. The maximum absolute atomic E-state index is 12.3. The summed E-state index contributed by atoms with van der Waals surface area (Å²) in [5.74, 6) is -1.18. The minimum atomic E-state index is -4.51. The molecule has 1 aromatic carbocycles. The SMILES string of the molecule is O=S(=O)(F)Cc1ccc(F)cc1. The van der Waals surface area contributed by atoms with Crippen LogP contribution in [0.2, 0.25) is 0 Å². The fraction of sp³-hybridized carbons (Fsp3) is 0.143. The lowest BCUT2D eigenvalue weighted by Crippen LogP contribution is -1.95. The van der Waals surface area contributed by atoms with Gasteiger partial charge in [-0.15, -0.1) is 3.89 Å². The Morgan fingerprint density at radius 1 is 1.17 bits per heavy atom. The molecule has 2 nitrogen and oxygen atoms in total. The molecule has 0 aliphatic carbocycles. The molecule has 0 saturated heterocycles. The van der Waals surface area contributed by atoms with Crippen LogP contribution < -0.4 is 0 Å². The van der Waals surface area contributed by atoms with E-state index in [1.807, 2.05) is 0 Å². The van der Waals surface area contributed by atoms with E-state index < -0.39 is 21.8 Å². The first-order chi connectivity index (χ1) is 5.47. The molecule has 12 heavy (non-hydrogen) atoms. The van der Waals surface area contributed by atoms with Gasteiger partial charge in [-0.2, -0.15) is 8.42 Å². The molecule has 1 aromatic rings. The van der Waals surface area contributed by atoms with Gasteiger partial charge in [-0.05, 0) is 17.7 Å². The zero-order valence-corrected chi connectivity index (χ0v) is 6.81. The van der Waals surface area contributed by atoms with Crippen molar-refractivity contribution < 1.29 is 16.7 Å². The van der Waals surface area contributed by atoms with Gasteiger partial charge in [0.15, 0.2) is 0 Å². The summed E-state index contributed by atoms with van der Waals surface area (Å²) in [7, 11) is -4.51. The average Bonchev–Trinajstić information content (AvgIpc) is 1.91. The highest BCUT2D eigenvalue weighted by atomic mass is 32.3. The Bertz CT molecular complexity index is 355. The largest absolute Gasteiger partial charge is 0.306 e. The number of hydrogen-bond acceptors (Lipinski definition) is 2. The van der Waals surface area contributed by atoms with Gasteiger partial charge in [-0.1, -0.05) is 12.1 Å². The molecule has 0 aliphatic rings. The van der Waals surface area contributed by atoms with Crippen LogP contribution in [0.4, 0.5) is 8.28 Å². The van der Waals surface area contributed by atoms with Gasteiger partial charge in [-0.25, -0.2) is 4.39 Å². The third-order valence-electron chi connectivity index (χ3n) is 1.25. The molecule has 0 saturated carbocycles. The van der Waals surface area contributed by atoms with Crippen molar-refractivity contribution in [1.82, 2.24) is 0 Å². The lowest BCUT2D eigenvalue weighted by molar-refractivity contribution is 0.551. The Balaban J connectivity index is 2.85. The first kappa shape index (κ1) is 9.12. The van der Waals surface area contributed by atoms with Gasteiger partial charge >= 0.3 is 10.2 Å². The summed E-state index contributed by atoms with van der Waals surface area (Å²) in [5.41, 5.74) is 0.235. The van der Waals surface area contributed by atoms with Gasteiger partial charge in [0.1, 0.15) is 11.6 Å². The van der Waals surface area contributed by atoms with Crippen molar-refractivity contribution in [3.63, 3.8) is 0 Å². The van der Waals surface area contributed by atoms with E-state index in [1.54, 1.807) is 0 Å². The van der Waals surface area contributed by atoms with E-state index >= 15 is 0 Å². The van der Waals surface area contributed by atoms with Gasteiger partial charge in [0.25, 0.3) is 0 Å². The van der Waals surface area contributed by atoms with Crippen molar-refractivity contribution in [1.29, 1.82) is 0 Å². The fourth-order valence-corrected chi connectivity index (χ4v) is 1.37. The second kappa shape index (κ2) is 3.18. The standard InChI is InChI=1S/C7H6F2O2S/c8-7-3-1-6(2-4-7)5-12(9,10)11/h1-4H,5H2. The molecule has 5 heteroatoms. The molecular weight excluding hydrogens is 186 g/mol. The molecule has 0 N–H and O–H groups in total. The van der Waals surface area contributed by atoms with Crippen molar-refractivity contribution in [2.75, 3.05) is 0 Å². The molecule has 66 valence electrons. The zero-order chi connectivity index (χ0) is 9.19. The van der Waals surface area contributed by atoms with E-state index in [9.17, 15) is 16.7 Å². The highest BCUT2D eigenvalue weighted by Gasteiger charge is 2.07. The Kier molecular flexibility index (Phi) is 2.42. The topological polar surface area (TPSA) is 34.1 Å². The quantitative estimate of drug-likeness (QED) is 0.667. The second-order valence-electron chi connectivity index (χ2n) is 2.31. The predicted octanol–water partition coefficient (Wildman–Crippen LogP) is 1.63. The fourth-order valence-electron chi connectivity index (χ4n) is 0.780. The molecule has 0 atom stereocenters. The van der Waals surface area contributed by atoms with Crippen molar-refractivity contribution in [3.05, 3.63) is 35.6 Å². The van der Waals surface area contributed by atoms with E-state index in [0.29, 0.717) is 0 Å². The molecule has 0 heterocycles. The molecule has 0 aromatic heterocycles. The second-order valence-corrected chi connectivity index (χ2v) is 3.68. The van der Waals surface area contributed by atoms with Crippen LogP contribution in [0.25, 0.3) is 0 Å². The van der Waals surface area contributed by atoms with E-state index in [0.717, 1.165) is 12.1 Å². The highest BCUT2D eigenvalue weighted by Crippen LogP contribution is 2.08. The first-order valence-corrected chi connectivity index (χ1v) is 4.69. The monoisotopic (exact) mass is 192 g/mol. The van der Waals surface area contributed by atoms with Crippen molar-refractivity contribution >= 4 is 10.2 Å². The summed E-state index contributed by atoms with van der Waals surface area (Å²) >= 11 is 0. The smallest absolute Gasteiger partial charge is 0.207 e. The molecule has 0 spiro atoms. The third-order valence-corrected chi connectivity index (χ3v) is 1.93. The van der Waals surface area contributed by atoms with Gasteiger partial charge in [0, 0.05) is 0 Å². The van der Waals surface area contributed by atoms with E-state index in [4.69, 9.17) is 0 Å². The Labute approximate surface area is 69.0 Å². The molecule has 0 radical (unpaired) electrons. The normalized spacial score (nSPS) is 11.5. The predicted molar refractivity (Wildman–Crippen MR) is 40.1 cm³/mol. The summed E-state index contributed by atoms with van der Waals surface area (Å²) in [6.45, 7) is 0. The van der Waals surface area contributed by atoms with Crippen LogP contribution in [0, 0.1) is 5.82 Å². The lowest BCUT2D eigenvalue weighted by Gasteiger charge is -1.95. The molecule has 1 rings (SSSR count). The molecule has 0 amide bonds. The summed E-state index contributed by atoms with van der Waals surface area (Å²) in [6.07, 6.45) is 0. The summed E-state index contributed by atoms with van der Waals surface area (Å²) in [6, 6.07) is 4.62. The van der Waals surface area contributed by atoms with Crippen LogP contribution in [-0.2, 0) is 16.0 Å². The van der Waals surface area contributed by atoms with Crippen LogP contribution >= 0.6 is 0 Å². The minimum Gasteiger partial charge on any atom is -0.207 e. The third kappa shape index (κ3) is 2.96. The number of hydrogen-bond donors (Lipinski definition) is 0. The number of rotatable bonds is 2. The Morgan fingerprint density at radius 3 is 2.08 bits per heavy atom. The average molecular weight is 192 g/mol. The van der Waals surface area contributed by atoms with Crippen LogP contribution in [0.15, 0.2) is 24.3 Å². The number of halogens is 2. The summed E-state index contributed by atoms with van der Waals surface area (Å²) in [5, 5.41) is 0. The van der Waals surface area contributed by atoms with Gasteiger partial charge in [0.05, 0.1) is 0 Å². The highest BCUT2D eigenvalue weighted by molar-refractivity contribution is 7.85. The zero-order valence-electron chi connectivity index (χ0n) is 6.00. The van der Waals surface area contributed by atoms with Crippen LogP contribution in [-0.4, -0.2) is 8.42 Å². The minimum absolute atomic E-state index is 0.235. The first-order valence-electron chi connectivity index (χ1n) is 3.14. The maximum Gasteiger partial charge on any atom is 0.306 e. The molecule has 0 fully saturated rings. The molecule has 0 bridgehead atoms. The van der Waals surface area contributed by atoms with Gasteiger partial charge in [-0.3, -0.25) is 0 Å². The van der Waals surface area contributed by atoms with Gasteiger partial charge in [0.2, 0.25) is 0 Å². The van der Waals surface area contributed by atoms with Crippen molar-refractivity contribution in [2.24, 2.45) is 0 Å².